The van der Waals surface area contributed by atoms with Gasteiger partial charge in [0.15, 0.2) is 0 Å². The molecule has 76 valence electrons. The lowest BCUT2D eigenvalue weighted by molar-refractivity contribution is -0.387. The van der Waals surface area contributed by atoms with Crippen LogP contribution in [-0.4, -0.2) is 4.92 Å². The van der Waals surface area contributed by atoms with E-state index in [9.17, 15) is 14.5 Å². The fourth-order valence-electron chi connectivity index (χ4n) is 1.14. The Morgan fingerprint density at radius 2 is 2.29 bits per heavy atom. The van der Waals surface area contributed by atoms with Crippen LogP contribution in [0.1, 0.15) is 24.9 Å². The predicted molar refractivity (Wildman–Crippen MR) is 50.3 cm³/mol. The van der Waals surface area contributed by atoms with Crippen molar-refractivity contribution >= 4 is 5.69 Å². The molecule has 0 aliphatic carbocycles. The number of nitro groups is 1. The van der Waals surface area contributed by atoms with Gasteiger partial charge in [0.1, 0.15) is 0 Å². The van der Waals surface area contributed by atoms with Gasteiger partial charge in [0, 0.05) is 12.1 Å². The van der Waals surface area contributed by atoms with Crippen molar-refractivity contribution in [1.82, 2.24) is 0 Å². The molecule has 0 saturated heterocycles. The Morgan fingerprint density at radius 1 is 1.64 bits per heavy atom. The van der Waals surface area contributed by atoms with E-state index >= 15 is 0 Å². The van der Waals surface area contributed by atoms with Crippen LogP contribution in [0.4, 0.5) is 10.1 Å². The molecule has 1 rings (SSSR count). The number of nitrogens with zero attached hydrogens (tertiary/aromatic N) is 1. The highest BCUT2D eigenvalue weighted by atomic mass is 19.1. The fourth-order valence-corrected chi connectivity index (χ4v) is 1.14. The van der Waals surface area contributed by atoms with E-state index in [0.717, 1.165) is 6.07 Å². The SMILES string of the molecule is CC[C@@H](N)c1ccc(F)c([N+](=O)[O-])c1. The quantitative estimate of drug-likeness (QED) is 0.597. The Balaban J connectivity index is 3.12. The molecular formula is C9H11FN2O2. The monoisotopic (exact) mass is 198 g/mol. The van der Waals surface area contributed by atoms with Crippen LogP contribution in [0.15, 0.2) is 18.2 Å². The molecule has 5 heteroatoms. The van der Waals surface area contributed by atoms with E-state index in [1.165, 1.54) is 12.1 Å². The summed E-state index contributed by atoms with van der Waals surface area (Å²) >= 11 is 0. The van der Waals surface area contributed by atoms with Gasteiger partial charge >= 0.3 is 5.69 Å². The Hall–Kier alpha value is -1.49. The van der Waals surface area contributed by atoms with Crippen molar-refractivity contribution in [3.05, 3.63) is 39.7 Å². The molecule has 0 amide bonds. The van der Waals surface area contributed by atoms with Crippen molar-refractivity contribution in [3.63, 3.8) is 0 Å². The van der Waals surface area contributed by atoms with Crippen molar-refractivity contribution in [2.75, 3.05) is 0 Å². The lowest BCUT2D eigenvalue weighted by atomic mass is 10.0. The number of hydrogen-bond acceptors (Lipinski definition) is 3. The molecular weight excluding hydrogens is 187 g/mol. The maximum Gasteiger partial charge on any atom is 0.305 e. The first-order chi connectivity index (χ1) is 6.56. The van der Waals surface area contributed by atoms with Crippen LogP contribution >= 0.6 is 0 Å². The molecule has 2 N–H and O–H groups in total. The third-order valence-electron chi connectivity index (χ3n) is 2.03. The van der Waals surface area contributed by atoms with E-state index in [0.29, 0.717) is 12.0 Å². The van der Waals surface area contributed by atoms with Crippen molar-refractivity contribution in [2.24, 2.45) is 5.73 Å². The molecule has 0 saturated carbocycles. The highest BCUT2D eigenvalue weighted by Crippen LogP contribution is 2.22. The second kappa shape index (κ2) is 4.15. The molecule has 0 spiro atoms. The minimum absolute atomic E-state index is 0.283. The number of nitrogens with two attached hydrogens (primary N) is 1. The van der Waals surface area contributed by atoms with Crippen molar-refractivity contribution in [1.29, 1.82) is 0 Å². The smallest absolute Gasteiger partial charge is 0.305 e. The second-order valence-corrected chi connectivity index (χ2v) is 2.98. The summed E-state index contributed by atoms with van der Waals surface area (Å²) in [5.74, 6) is -0.831. The van der Waals surface area contributed by atoms with E-state index in [1.54, 1.807) is 0 Å². The van der Waals surface area contributed by atoms with Gasteiger partial charge in [-0.2, -0.15) is 4.39 Å². The number of benzene rings is 1. The van der Waals surface area contributed by atoms with Crippen LogP contribution < -0.4 is 5.73 Å². The molecule has 0 aromatic heterocycles. The molecule has 0 aliphatic heterocycles. The van der Waals surface area contributed by atoms with Gasteiger partial charge < -0.3 is 5.73 Å². The highest BCUT2D eigenvalue weighted by molar-refractivity contribution is 5.37. The van der Waals surface area contributed by atoms with Crippen LogP contribution in [-0.2, 0) is 0 Å². The molecule has 0 unspecified atom stereocenters. The zero-order valence-corrected chi connectivity index (χ0v) is 7.74. The molecule has 0 aliphatic rings. The number of rotatable bonds is 3. The number of hydrogen-bond donors (Lipinski definition) is 1. The highest BCUT2D eigenvalue weighted by Gasteiger charge is 2.16. The first kappa shape index (κ1) is 10.6. The molecule has 0 radical (unpaired) electrons. The summed E-state index contributed by atoms with van der Waals surface area (Å²) in [5.41, 5.74) is 5.73. The normalized spacial score (nSPS) is 12.5. The van der Waals surface area contributed by atoms with Crippen LogP contribution in [0.3, 0.4) is 0 Å². The first-order valence-electron chi connectivity index (χ1n) is 4.25. The minimum Gasteiger partial charge on any atom is -0.324 e. The Labute approximate surface area is 80.7 Å². The molecule has 14 heavy (non-hydrogen) atoms. The zero-order chi connectivity index (χ0) is 10.7. The van der Waals surface area contributed by atoms with Crippen LogP contribution in [0, 0.1) is 15.9 Å². The molecule has 1 aromatic carbocycles. The Morgan fingerprint density at radius 3 is 2.79 bits per heavy atom. The van der Waals surface area contributed by atoms with Crippen LogP contribution in [0.25, 0.3) is 0 Å². The van der Waals surface area contributed by atoms with E-state index in [2.05, 4.69) is 0 Å². The largest absolute Gasteiger partial charge is 0.324 e. The summed E-state index contributed by atoms with van der Waals surface area (Å²) in [6.45, 7) is 1.86. The van der Waals surface area contributed by atoms with Crippen molar-refractivity contribution < 1.29 is 9.31 Å². The third-order valence-corrected chi connectivity index (χ3v) is 2.03. The maximum absolute atomic E-state index is 12.9. The molecule has 1 aromatic rings. The lowest BCUT2D eigenvalue weighted by Gasteiger charge is -2.08. The molecule has 0 bridgehead atoms. The maximum atomic E-state index is 12.9. The number of halogens is 1. The summed E-state index contributed by atoms with van der Waals surface area (Å²) in [6.07, 6.45) is 0.656. The lowest BCUT2D eigenvalue weighted by Crippen LogP contribution is -2.09. The van der Waals surface area contributed by atoms with Gasteiger partial charge in [-0.3, -0.25) is 10.1 Å². The number of nitro benzene ring substituents is 1. The Kier molecular flexibility index (Phi) is 3.14. The van der Waals surface area contributed by atoms with Gasteiger partial charge in [-0.15, -0.1) is 0 Å². The average molecular weight is 198 g/mol. The summed E-state index contributed by atoms with van der Waals surface area (Å²) in [4.78, 5) is 9.66. The first-order valence-corrected chi connectivity index (χ1v) is 4.25. The van der Waals surface area contributed by atoms with Crippen molar-refractivity contribution in [3.8, 4) is 0 Å². The predicted octanol–water partition coefficient (Wildman–Crippen LogP) is 2.14. The van der Waals surface area contributed by atoms with Gasteiger partial charge in [0.2, 0.25) is 5.82 Å². The summed E-state index contributed by atoms with van der Waals surface area (Å²) in [6, 6.07) is 3.44. The van der Waals surface area contributed by atoms with Gasteiger partial charge in [-0.25, -0.2) is 0 Å². The van der Waals surface area contributed by atoms with Gasteiger partial charge in [-0.05, 0) is 18.1 Å². The topological polar surface area (TPSA) is 69.2 Å². The van der Waals surface area contributed by atoms with E-state index in [-0.39, 0.29) is 6.04 Å². The van der Waals surface area contributed by atoms with Gasteiger partial charge in [-0.1, -0.05) is 13.0 Å². The third kappa shape index (κ3) is 2.05. The van der Waals surface area contributed by atoms with Crippen LogP contribution in [0.5, 0.6) is 0 Å². The molecule has 0 fully saturated rings. The van der Waals surface area contributed by atoms with E-state index in [4.69, 9.17) is 5.73 Å². The van der Waals surface area contributed by atoms with Crippen molar-refractivity contribution in [2.45, 2.75) is 19.4 Å². The Bertz CT molecular complexity index is 355. The molecule has 1 atom stereocenters. The van der Waals surface area contributed by atoms with Crippen LogP contribution in [0.2, 0.25) is 0 Å². The van der Waals surface area contributed by atoms with Gasteiger partial charge in [0.05, 0.1) is 4.92 Å². The molecule has 0 heterocycles. The standard InChI is InChI=1S/C9H11FN2O2/c1-2-8(11)6-3-4-7(10)9(5-6)12(13)14/h3-5,8H,2,11H2,1H3/t8-/m1/s1. The zero-order valence-electron chi connectivity index (χ0n) is 7.74. The molecule has 4 nitrogen and oxygen atoms in total. The summed E-state index contributed by atoms with van der Waals surface area (Å²) < 4.78 is 12.9. The summed E-state index contributed by atoms with van der Waals surface area (Å²) in [5, 5.41) is 10.4. The minimum atomic E-state index is -0.831. The van der Waals surface area contributed by atoms with Gasteiger partial charge in [0.25, 0.3) is 0 Å². The summed E-state index contributed by atoms with van der Waals surface area (Å²) in [7, 11) is 0. The van der Waals surface area contributed by atoms with E-state index < -0.39 is 16.4 Å². The average Bonchev–Trinajstić information content (AvgIpc) is 2.17. The second-order valence-electron chi connectivity index (χ2n) is 2.98. The van der Waals surface area contributed by atoms with E-state index in [1.807, 2.05) is 6.92 Å². The fraction of sp³-hybridized carbons (Fsp3) is 0.333.